The third-order valence-electron chi connectivity index (χ3n) is 3.36. The lowest BCUT2D eigenvalue weighted by Gasteiger charge is -2.22. The van der Waals surface area contributed by atoms with E-state index in [9.17, 15) is 10.1 Å². The first-order chi connectivity index (χ1) is 8.09. The van der Waals surface area contributed by atoms with Crippen molar-refractivity contribution in [1.82, 2.24) is 15.1 Å². The molecule has 1 atom stereocenters. The topological polar surface area (TPSA) is 73.0 Å². The Bertz CT molecular complexity index is 421. The highest BCUT2D eigenvalue weighted by molar-refractivity contribution is 5.39. The molecule has 0 bridgehead atoms. The summed E-state index contributed by atoms with van der Waals surface area (Å²) in [5.41, 5.74) is 1.34. The van der Waals surface area contributed by atoms with Crippen LogP contribution in [0, 0.1) is 29.9 Å². The van der Waals surface area contributed by atoms with E-state index in [0.717, 1.165) is 19.6 Å². The molecule has 2 heterocycles. The maximum absolute atomic E-state index is 10.9. The number of hydrogen-bond acceptors (Lipinski definition) is 4. The van der Waals surface area contributed by atoms with Crippen molar-refractivity contribution < 1.29 is 4.92 Å². The van der Waals surface area contributed by atoms with Gasteiger partial charge in [-0.2, -0.15) is 5.10 Å². The Hall–Kier alpha value is -1.43. The third kappa shape index (κ3) is 2.46. The largest absolute Gasteiger partial charge is 0.316 e. The SMILES string of the molecule is Cc1nn(CC2CCCNC2)c(C)c1[N+](=O)[O-]. The molecule has 1 fully saturated rings. The van der Waals surface area contributed by atoms with Crippen molar-refractivity contribution in [3.05, 3.63) is 21.5 Å². The Kier molecular flexibility index (Phi) is 3.42. The van der Waals surface area contributed by atoms with Crippen LogP contribution in [-0.4, -0.2) is 27.8 Å². The number of rotatable bonds is 3. The van der Waals surface area contributed by atoms with Crippen LogP contribution in [0.25, 0.3) is 0 Å². The van der Waals surface area contributed by atoms with Crippen molar-refractivity contribution in [2.45, 2.75) is 33.2 Å². The molecule has 6 heteroatoms. The van der Waals surface area contributed by atoms with Crippen molar-refractivity contribution in [1.29, 1.82) is 0 Å². The molecule has 0 saturated carbocycles. The molecule has 1 aliphatic rings. The van der Waals surface area contributed by atoms with Gasteiger partial charge in [0.25, 0.3) is 0 Å². The van der Waals surface area contributed by atoms with Crippen LogP contribution in [-0.2, 0) is 6.54 Å². The van der Waals surface area contributed by atoms with Crippen LogP contribution in [0.2, 0.25) is 0 Å². The molecule has 6 nitrogen and oxygen atoms in total. The Morgan fingerprint density at radius 1 is 1.59 bits per heavy atom. The van der Waals surface area contributed by atoms with Gasteiger partial charge in [-0.25, -0.2) is 0 Å². The summed E-state index contributed by atoms with van der Waals surface area (Å²) >= 11 is 0. The van der Waals surface area contributed by atoms with Crippen molar-refractivity contribution >= 4 is 5.69 Å². The van der Waals surface area contributed by atoms with Gasteiger partial charge in [0.2, 0.25) is 0 Å². The van der Waals surface area contributed by atoms with Gasteiger partial charge in [-0.15, -0.1) is 0 Å². The van der Waals surface area contributed by atoms with E-state index in [0.29, 0.717) is 17.3 Å². The summed E-state index contributed by atoms with van der Waals surface area (Å²) in [5.74, 6) is 0.529. The molecular weight excluding hydrogens is 220 g/mol. The molecular formula is C11H18N4O2. The van der Waals surface area contributed by atoms with E-state index in [1.54, 1.807) is 18.5 Å². The number of piperidine rings is 1. The molecule has 0 spiro atoms. The van der Waals surface area contributed by atoms with Crippen LogP contribution >= 0.6 is 0 Å². The number of hydrogen-bond donors (Lipinski definition) is 1. The number of nitrogens with one attached hydrogen (secondary N) is 1. The van der Waals surface area contributed by atoms with Crippen molar-refractivity contribution in [2.75, 3.05) is 13.1 Å². The number of nitro groups is 1. The van der Waals surface area contributed by atoms with E-state index in [1.165, 1.54) is 12.8 Å². The Morgan fingerprint density at radius 3 is 2.88 bits per heavy atom. The van der Waals surface area contributed by atoms with E-state index in [4.69, 9.17) is 0 Å². The van der Waals surface area contributed by atoms with Crippen molar-refractivity contribution in [3.8, 4) is 0 Å². The van der Waals surface area contributed by atoms with Crippen LogP contribution in [0.3, 0.4) is 0 Å². The Balaban J connectivity index is 2.15. The van der Waals surface area contributed by atoms with Crippen molar-refractivity contribution in [2.24, 2.45) is 5.92 Å². The minimum absolute atomic E-state index is 0.161. The van der Waals surface area contributed by atoms with Crippen molar-refractivity contribution in [3.63, 3.8) is 0 Å². The van der Waals surface area contributed by atoms with Gasteiger partial charge in [-0.3, -0.25) is 14.8 Å². The summed E-state index contributed by atoms with van der Waals surface area (Å²) in [6, 6.07) is 0. The van der Waals surface area contributed by atoms with Crippen LogP contribution in [0.5, 0.6) is 0 Å². The molecule has 1 unspecified atom stereocenters. The summed E-state index contributed by atoms with van der Waals surface area (Å²) in [4.78, 5) is 10.5. The van der Waals surface area contributed by atoms with Crippen LogP contribution in [0.1, 0.15) is 24.2 Å². The minimum Gasteiger partial charge on any atom is -0.316 e. The normalized spacial score (nSPS) is 20.5. The first-order valence-electron chi connectivity index (χ1n) is 5.98. The molecule has 0 radical (unpaired) electrons. The molecule has 2 rings (SSSR count). The van der Waals surface area contributed by atoms with Gasteiger partial charge >= 0.3 is 5.69 Å². The lowest BCUT2D eigenvalue weighted by molar-refractivity contribution is -0.386. The maximum atomic E-state index is 10.9. The number of aryl methyl sites for hydroxylation is 1. The number of aromatic nitrogens is 2. The highest BCUT2D eigenvalue weighted by atomic mass is 16.6. The highest BCUT2D eigenvalue weighted by Crippen LogP contribution is 2.23. The van der Waals surface area contributed by atoms with E-state index >= 15 is 0 Å². The molecule has 1 aromatic rings. The second-order valence-electron chi connectivity index (χ2n) is 4.67. The van der Waals surface area contributed by atoms with Gasteiger partial charge in [-0.1, -0.05) is 0 Å². The lowest BCUT2D eigenvalue weighted by atomic mass is 10.00. The van der Waals surface area contributed by atoms with E-state index < -0.39 is 0 Å². The molecule has 0 amide bonds. The van der Waals surface area contributed by atoms with Gasteiger partial charge in [-0.05, 0) is 45.7 Å². The minimum atomic E-state index is -0.340. The summed E-state index contributed by atoms with van der Waals surface area (Å²) in [7, 11) is 0. The highest BCUT2D eigenvalue weighted by Gasteiger charge is 2.23. The second-order valence-corrected chi connectivity index (χ2v) is 4.67. The molecule has 17 heavy (non-hydrogen) atoms. The lowest BCUT2D eigenvalue weighted by Crippen LogP contribution is -2.32. The summed E-state index contributed by atoms with van der Waals surface area (Å²) < 4.78 is 1.78. The molecule has 1 aliphatic heterocycles. The van der Waals surface area contributed by atoms with Gasteiger partial charge in [0.05, 0.1) is 4.92 Å². The average molecular weight is 238 g/mol. The predicted octanol–water partition coefficient (Wildman–Crippen LogP) is 1.41. The molecule has 1 N–H and O–H groups in total. The fourth-order valence-electron chi connectivity index (χ4n) is 2.45. The maximum Gasteiger partial charge on any atom is 0.312 e. The smallest absolute Gasteiger partial charge is 0.312 e. The van der Waals surface area contributed by atoms with E-state index in [1.807, 2.05) is 0 Å². The molecule has 1 saturated heterocycles. The quantitative estimate of drug-likeness (QED) is 0.638. The van der Waals surface area contributed by atoms with Gasteiger partial charge in [0.15, 0.2) is 0 Å². The van der Waals surface area contributed by atoms with Crippen LogP contribution in [0.15, 0.2) is 0 Å². The van der Waals surface area contributed by atoms with E-state index in [-0.39, 0.29) is 10.6 Å². The van der Waals surface area contributed by atoms with E-state index in [2.05, 4.69) is 10.4 Å². The zero-order chi connectivity index (χ0) is 12.4. The fraction of sp³-hybridized carbons (Fsp3) is 0.727. The zero-order valence-corrected chi connectivity index (χ0v) is 10.3. The standard InChI is InChI=1S/C11H18N4O2/c1-8-11(15(16)17)9(2)14(13-8)7-10-4-3-5-12-6-10/h10,12H,3-7H2,1-2H3. The summed E-state index contributed by atoms with van der Waals surface area (Å²) in [6.45, 7) is 6.29. The monoisotopic (exact) mass is 238 g/mol. The van der Waals surface area contributed by atoms with Crippen LogP contribution in [0.4, 0.5) is 5.69 Å². The first-order valence-corrected chi connectivity index (χ1v) is 5.98. The molecule has 94 valence electrons. The summed E-state index contributed by atoms with van der Waals surface area (Å²) in [5, 5.41) is 18.5. The Labute approximate surface area is 100 Å². The second kappa shape index (κ2) is 4.83. The first kappa shape index (κ1) is 12.0. The Morgan fingerprint density at radius 2 is 2.35 bits per heavy atom. The molecule has 0 aliphatic carbocycles. The summed E-state index contributed by atoms with van der Waals surface area (Å²) in [6.07, 6.45) is 2.34. The fourth-order valence-corrected chi connectivity index (χ4v) is 2.45. The third-order valence-corrected chi connectivity index (χ3v) is 3.36. The molecule has 1 aromatic heterocycles. The zero-order valence-electron chi connectivity index (χ0n) is 10.3. The van der Waals surface area contributed by atoms with Gasteiger partial charge in [0.1, 0.15) is 11.4 Å². The molecule has 0 aromatic carbocycles. The van der Waals surface area contributed by atoms with Gasteiger partial charge in [0, 0.05) is 6.54 Å². The number of nitrogens with zero attached hydrogens (tertiary/aromatic N) is 3. The average Bonchev–Trinajstić information content (AvgIpc) is 2.55. The predicted molar refractivity (Wildman–Crippen MR) is 63.9 cm³/mol. The van der Waals surface area contributed by atoms with Gasteiger partial charge < -0.3 is 5.32 Å². The van der Waals surface area contributed by atoms with Crippen LogP contribution < -0.4 is 5.32 Å².